The number of nitrogens with one attached hydrogen (secondary N) is 2. The number of unbranched alkanes of at least 4 members (excludes halogenated alkanes) is 1. The highest BCUT2D eigenvalue weighted by Gasteiger charge is 2.28. The van der Waals surface area contributed by atoms with Crippen molar-refractivity contribution in [2.75, 3.05) is 13.2 Å². The molecule has 0 heterocycles. The lowest BCUT2D eigenvalue weighted by Gasteiger charge is -2.14. The maximum absolute atomic E-state index is 11.8. The van der Waals surface area contributed by atoms with Gasteiger partial charge in [-0.3, -0.25) is 4.84 Å². The van der Waals surface area contributed by atoms with Gasteiger partial charge in [0.25, 0.3) is 0 Å². The Balaban J connectivity index is 1.58. The van der Waals surface area contributed by atoms with Crippen molar-refractivity contribution in [2.45, 2.75) is 25.7 Å². The summed E-state index contributed by atoms with van der Waals surface area (Å²) in [5, 5.41) is 0. The molecule has 0 aromatic heterocycles. The molecular weight excluding hydrogens is 304 g/mol. The van der Waals surface area contributed by atoms with Crippen LogP contribution in [0.25, 0.3) is 11.1 Å². The summed E-state index contributed by atoms with van der Waals surface area (Å²) in [7, 11) is 0. The number of hydrogen-bond acceptors (Lipinski definition) is 4. The molecule has 0 saturated carbocycles. The summed E-state index contributed by atoms with van der Waals surface area (Å²) in [5.41, 5.74) is 9.60. The van der Waals surface area contributed by atoms with Crippen LogP contribution in [0.15, 0.2) is 48.5 Å². The Labute approximate surface area is 141 Å². The average molecular weight is 326 g/mol. The van der Waals surface area contributed by atoms with Crippen molar-refractivity contribution >= 4 is 6.09 Å². The van der Waals surface area contributed by atoms with E-state index in [0.717, 1.165) is 12.8 Å². The molecule has 1 amide bonds. The highest BCUT2D eigenvalue weighted by molar-refractivity contribution is 5.79. The predicted molar refractivity (Wildman–Crippen MR) is 92.2 cm³/mol. The second-order valence-electron chi connectivity index (χ2n) is 5.75. The highest BCUT2D eigenvalue weighted by atomic mass is 16.7. The maximum Gasteiger partial charge on any atom is 0.423 e. The van der Waals surface area contributed by atoms with Gasteiger partial charge in [0.05, 0.1) is 6.61 Å². The van der Waals surface area contributed by atoms with E-state index in [-0.39, 0.29) is 12.5 Å². The minimum atomic E-state index is -0.548. The number of carbonyl (C=O) groups is 1. The van der Waals surface area contributed by atoms with Gasteiger partial charge in [-0.2, -0.15) is 0 Å². The van der Waals surface area contributed by atoms with Crippen molar-refractivity contribution in [3.63, 3.8) is 0 Å². The second-order valence-corrected chi connectivity index (χ2v) is 5.75. The molecule has 5 nitrogen and oxygen atoms in total. The first-order chi connectivity index (χ1) is 11.8. The molecular formula is C19H22N2O3. The third-order valence-electron chi connectivity index (χ3n) is 4.17. The summed E-state index contributed by atoms with van der Waals surface area (Å²) in [6.07, 6.45) is 1.42. The molecule has 1 aliphatic carbocycles. The summed E-state index contributed by atoms with van der Waals surface area (Å²) in [6.45, 7) is 2.90. The molecule has 0 saturated heterocycles. The highest BCUT2D eigenvalue weighted by Crippen LogP contribution is 2.44. The molecule has 0 bridgehead atoms. The molecule has 0 fully saturated rings. The molecule has 0 unspecified atom stereocenters. The molecule has 24 heavy (non-hydrogen) atoms. The van der Waals surface area contributed by atoms with Crippen LogP contribution < -0.4 is 11.0 Å². The summed E-state index contributed by atoms with van der Waals surface area (Å²) < 4.78 is 5.35. The third-order valence-corrected chi connectivity index (χ3v) is 4.17. The van der Waals surface area contributed by atoms with Crippen LogP contribution in [0.1, 0.15) is 36.8 Å². The van der Waals surface area contributed by atoms with Gasteiger partial charge in [-0.05, 0) is 28.7 Å². The number of fused-ring (bicyclic) bond motifs is 3. The van der Waals surface area contributed by atoms with Crippen molar-refractivity contribution in [1.82, 2.24) is 11.0 Å². The number of hydrogen-bond donors (Lipinski definition) is 2. The largest absolute Gasteiger partial charge is 0.448 e. The van der Waals surface area contributed by atoms with Crippen molar-refractivity contribution in [2.24, 2.45) is 0 Å². The average Bonchev–Trinajstić information content (AvgIpc) is 2.94. The Hall–Kier alpha value is -2.37. The fourth-order valence-corrected chi connectivity index (χ4v) is 2.98. The third kappa shape index (κ3) is 3.58. The van der Waals surface area contributed by atoms with Gasteiger partial charge in [-0.15, -0.1) is 5.59 Å². The Bertz CT molecular complexity index is 657. The Morgan fingerprint density at radius 3 is 2.29 bits per heavy atom. The molecule has 0 radical (unpaired) electrons. The van der Waals surface area contributed by atoms with Gasteiger partial charge in [0.2, 0.25) is 0 Å². The lowest BCUT2D eigenvalue weighted by molar-refractivity contribution is 0.00722. The zero-order valence-corrected chi connectivity index (χ0v) is 13.7. The van der Waals surface area contributed by atoms with Gasteiger partial charge in [0.15, 0.2) is 0 Å². The van der Waals surface area contributed by atoms with E-state index in [1.165, 1.54) is 22.3 Å². The summed E-state index contributed by atoms with van der Waals surface area (Å²) in [6, 6.07) is 16.5. The van der Waals surface area contributed by atoms with E-state index in [0.29, 0.717) is 6.61 Å². The predicted octanol–water partition coefficient (Wildman–Crippen LogP) is 3.76. The van der Waals surface area contributed by atoms with Crippen molar-refractivity contribution in [3.05, 3.63) is 59.7 Å². The Morgan fingerprint density at radius 2 is 1.67 bits per heavy atom. The first-order valence-corrected chi connectivity index (χ1v) is 8.29. The van der Waals surface area contributed by atoms with Crippen molar-refractivity contribution in [1.29, 1.82) is 0 Å². The molecule has 2 aromatic rings. The maximum atomic E-state index is 11.8. The standard InChI is InChI=1S/C19H22N2O3/c1-2-3-12-24-21-20-19(22)23-13-18-16-10-6-4-8-14(16)15-9-5-7-11-17(15)18/h4-11,18,21H,2-3,12-13H2,1H3,(H,20,22). The van der Waals surface area contributed by atoms with Gasteiger partial charge >= 0.3 is 6.09 Å². The molecule has 2 aromatic carbocycles. The Morgan fingerprint density at radius 1 is 1.04 bits per heavy atom. The van der Waals surface area contributed by atoms with Crippen molar-refractivity contribution in [3.8, 4) is 11.1 Å². The second kappa shape index (κ2) is 7.95. The van der Waals surface area contributed by atoms with Gasteiger partial charge in [0.1, 0.15) is 6.61 Å². The van der Waals surface area contributed by atoms with E-state index in [2.05, 4.69) is 42.2 Å². The lowest BCUT2D eigenvalue weighted by atomic mass is 9.98. The fraction of sp³-hybridized carbons (Fsp3) is 0.316. The zero-order chi connectivity index (χ0) is 16.8. The van der Waals surface area contributed by atoms with Crippen LogP contribution in [0.3, 0.4) is 0 Å². The monoisotopic (exact) mass is 326 g/mol. The van der Waals surface area contributed by atoms with Crippen LogP contribution in [0.5, 0.6) is 0 Å². The zero-order valence-electron chi connectivity index (χ0n) is 13.7. The fourth-order valence-electron chi connectivity index (χ4n) is 2.98. The minimum absolute atomic E-state index is 0.0594. The van der Waals surface area contributed by atoms with E-state index in [1.807, 2.05) is 24.3 Å². The van der Waals surface area contributed by atoms with Gasteiger partial charge in [-0.25, -0.2) is 10.2 Å². The van der Waals surface area contributed by atoms with Crippen LogP contribution in [0.4, 0.5) is 4.79 Å². The SMILES string of the molecule is CCCCONNC(=O)OCC1c2ccccc2-c2ccccc21. The Kier molecular flexibility index (Phi) is 5.46. The van der Waals surface area contributed by atoms with Crippen LogP contribution in [-0.2, 0) is 9.57 Å². The number of amides is 1. The molecule has 126 valence electrons. The summed E-state index contributed by atoms with van der Waals surface area (Å²) in [4.78, 5) is 16.8. The molecule has 0 atom stereocenters. The summed E-state index contributed by atoms with van der Waals surface area (Å²) in [5.74, 6) is 0.0594. The quantitative estimate of drug-likeness (QED) is 0.601. The number of carbonyl (C=O) groups excluding carboxylic acids is 1. The number of ether oxygens (including phenoxy) is 1. The van der Waals surface area contributed by atoms with E-state index in [9.17, 15) is 4.79 Å². The van der Waals surface area contributed by atoms with Gasteiger partial charge < -0.3 is 4.74 Å². The van der Waals surface area contributed by atoms with Crippen LogP contribution in [-0.4, -0.2) is 19.3 Å². The van der Waals surface area contributed by atoms with E-state index >= 15 is 0 Å². The topological polar surface area (TPSA) is 59.6 Å². The number of hydrazine groups is 1. The van der Waals surface area contributed by atoms with Gasteiger partial charge in [0, 0.05) is 5.92 Å². The smallest absolute Gasteiger partial charge is 0.423 e. The minimum Gasteiger partial charge on any atom is -0.448 e. The molecule has 2 N–H and O–H groups in total. The van der Waals surface area contributed by atoms with Crippen LogP contribution in [0, 0.1) is 0 Å². The van der Waals surface area contributed by atoms with Crippen molar-refractivity contribution < 1.29 is 14.4 Å². The van der Waals surface area contributed by atoms with E-state index < -0.39 is 6.09 Å². The first kappa shape index (κ1) is 16.5. The van der Waals surface area contributed by atoms with E-state index in [4.69, 9.17) is 9.57 Å². The molecule has 1 aliphatic rings. The lowest BCUT2D eigenvalue weighted by Crippen LogP contribution is -2.38. The molecule has 5 heteroatoms. The van der Waals surface area contributed by atoms with E-state index in [1.54, 1.807) is 0 Å². The number of benzene rings is 2. The molecule has 0 spiro atoms. The first-order valence-electron chi connectivity index (χ1n) is 8.29. The normalized spacial score (nSPS) is 12.5. The number of rotatable bonds is 7. The van der Waals surface area contributed by atoms with Crippen LogP contribution in [0.2, 0.25) is 0 Å². The molecule has 3 rings (SSSR count). The van der Waals surface area contributed by atoms with Crippen LogP contribution >= 0.6 is 0 Å². The molecule has 0 aliphatic heterocycles. The van der Waals surface area contributed by atoms with Gasteiger partial charge in [-0.1, -0.05) is 61.9 Å². The summed E-state index contributed by atoms with van der Waals surface area (Å²) >= 11 is 0.